The number of amides is 3. The quantitative estimate of drug-likeness (QED) is 0.530. The number of hydrogen-bond donors (Lipinski definition) is 1. The molecule has 3 aromatic rings. The van der Waals surface area contributed by atoms with Crippen molar-refractivity contribution in [3.05, 3.63) is 71.3 Å². The van der Waals surface area contributed by atoms with Crippen LogP contribution in [0.25, 0.3) is 10.8 Å². The summed E-state index contributed by atoms with van der Waals surface area (Å²) >= 11 is 0. The second-order valence-electron chi connectivity index (χ2n) is 8.85. The first kappa shape index (κ1) is 21.9. The number of carbonyl (C=O) groups excluding carboxylic acids is 3. The van der Waals surface area contributed by atoms with Crippen LogP contribution >= 0.6 is 0 Å². The van der Waals surface area contributed by atoms with Crippen LogP contribution in [0.3, 0.4) is 0 Å². The zero-order valence-corrected chi connectivity index (χ0v) is 19.0. The lowest BCUT2D eigenvalue weighted by molar-refractivity contribution is -0.118. The highest BCUT2D eigenvalue weighted by Crippen LogP contribution is 2.39. The van der Waals surface area contributed by atoms with E-state index in [1.54, 1.807) is 37.4 Å². The number of rotatable bonds is 7. The lowest BCUT2D eigenvalue weighted by Gasteiger charge is -2.27. The zero-order chi connectivity index (χ0) is 23.8. The van der Waals surface area contributed by atoms with E-state index in [2.05, 4.69) is 0 Å². The van der Waals surface area contributed by atoms with Gasteiger partial charge in [-0.3, -0.25) is 19.3 Å². The third-order valence-corrected chi connectivity index (χ3v) is 6.66. The highest BCUT2D eigenvalue weighted by Gasteiger charge is 2.41. The molecule has 0 spiro atoms. The van der Waals surface area contributed by atoms with E-state index in [1.807, 2.05) is 24.3 Å². The lowest BCUT2D eigenvalue weighted by atomic mass is 10.0. The summed E-state index contributed by atoms with van der Waals surface area (Å²) < 4.78 is 11.7. The monoisotopic (exact) mass is 458 g/mol. The fraction of sp³-hybridized carbons (Fsp3) is 0.296. The van der Waals surface area contributed by atoms with Gasteiger partial charge in [0.25, 0.3) is 11.8 Å². The summed E-state index contributed by atoms with van der Waals surface area (Å²) in [5, 5.41) is 1.74. The fourth-order valence-corrected chi connectivity index (χ4v) is 4.96. The predicted molar refractivity (Wildman–Crippen MR) is 127 cm³/mol. The summed E-state index contributed by atoms with van der Waals surface area (Å²) in [5.74, 6) is -0.399. The molecule has 0 aromatic heterocycles. The van der Waals surface area contributed by atoms with E-state index in [9.17, 15) is 14.4 Å². The lowest BCUT2D eigenvalue weighted by Crippen LogP contribution is -2.36. The van der Waals surface area contributed by atoms with E-state index >= 15 is 0 Å². The average Bonchev–Trinajstić information content (AvgIpc) is 3.43. The van der Waals surface area contributed by atoms with E-state index in [0.29, 0.717) is 28.2 Å². The van der Waals surface area contributed by atoms with Crippen LogP contribution in [0.4, 0.5) is 0 Å². The van der Waals surface area contributed by atoms with Crippen molar-refractivity contribution in [2.75, 3.05) is 7.11 Å². The van der Waals surface area contributed by atoms with E-state index in [4.69, 9.17) is 15.2 Å². The number of benzene rings is 3. The smallest absolute Gasteiger partial charge is 0.262 e. The second-order valence-corrected chi connectivity index (χ2v) is 8.85. The molecule has 0 radical (unpaired) electrons. The van der Waals surface area contributed by atoms with Crippen molar-refractivity contribution < 1.29 is 23.9 Å². The van der Waals surface area contributed by atoms with Gasteiger partial charge in [-0.05, 0) is 66.3 Å². The molecule has 7 heteroatoms. The van der Waals surface area contributed by atoms with Gasteiger partial charge < -0.3 is 15.2 Å². The number of fused-ring (bicyclic) bond motifs is 2. The topological polar surface area (TPSA) is 98.9 Å². The number of nitrogens with zero attached hydrogens (tertiary/aromatic N) is 1. The number of ether oxygens (including phenoxy) is 2. The number of carbonyl (C=O) groups is 3. The first-order chi connectivity index (χ1) is 16.5. The van der Waals surface area contributed by atoms with Gasteiger partial charge in [0.15, 0.2) is 11.5 Å². The Bertz CT molecular complexity index is 1240. The fourth-order valence-electron chi connectivity index (χ4n) is 4.96. The summed E-state index contributed by atoms with van der Waals surface area (Å²) in [4.78, 5) is 40.0. The Kier molecular flexibility index (Phi) is 5.69. The highest BCUT2D eigenvalue weighted by atomic mass is 16.5. The normalized spacial score (nSPS) is 16.7. The van der Waals surface area contributed by atoms with Gasteiger partial charge in [0.1, 0.15) is 0 Å². The summed E-state index contributed by atoms with van der Waals surface area (Å²) in [7, 11) is 1.56. The van der Waals surface area contributed by atoms with Crippen LogP contribution in [-0.4, -0.2) is 35.8 Å². The van der Waals surface area contributed by atoms with Crippen molar-refractivity contribution in [1.29, 1.82) is 0 Å². The molecule has 3 amide bonds. The van der Waals surface area contributed by atoms with Gasteiger partial charge in [-0.25, -0.2) is 0 Å². The van der Waals surface area contributed by atoms with Gasteiger partial charge in [-0.15, -0.1) is 0 Å². The van der Waals surface area contributed by atoms with Crippen LogP contribution in [0.5, 0.6) is 11.5 Å². The summed E-state index contributed by atoms with van der Waals surface area (Å²) in [6, 6.07) is 15.4. The van der Waals surface area contributed by atoms with Crippen LogP contribution in [0.15, 0.2) is 54.6 Å². The Hall–Kier alpha value is -3.87. The summed E-state index contributed by atoms with van der Waals surface area (Å²) in [6.45, 7) is 0. The number of imide groups is 1. The standard InChI is InChI=1S/C27H26N2O5/c1-33-23-11-10-18(14-24(23)34-19-8-4-5-9-19)22(15-25(28)30)29-26(31)20-12-16-6-2-3-7-17(16)13-21(20)27(29)32/h2-3,6-7,10-14,19,22H,4-5,8-9,15H2,1H3,(H2,28,30). The molecule has 1 saturated carbocycles. The van der Waals surface area contributed by atoms with Crippen LogP contribution < -0.4 is 15.2 Å². The summed E-state index contributed by atoms with van der Waals surface area (Å²) in [6.07, 6.45) is 4.04. The maximum absolute atomic E-state index is 13.4. The van der Waals surface area contributed by atoms with E-state index in [0.717, 1.165) is 41.4 Å². The van der Waals surface area contributed by atoms with Crippen LogP contribution in [0.2, 0.25) is 0 Å². The molecule has 1 aliphatic heterocycles. The van der Waals surface area contributed by atoms with Gasteiger partial charge in [0.2, 0.25) is 5.91 Å². The van der Waals surface area contributed by atoms with Crippen molar-refractivity contribution in [3.63, 3.8) is 0 Å². The molecular weight excluding hydrogens is 432 g/mol. The molecule has 3 aromatic carbocycles. The van der Waals surface area contributed by atoms with Crippen molar-refractivity contribution >= 4 is 28.5 Å². The van der Waals surface area contributed by atoms with Gasteiger partial charge in [-0.2, -0.15) is 0 Å². The number of hydrogen-bond acceptors (Lipinski definition) is 5. The van der Waals surface area contributed by atoms with Gasteiger partial charge >= 0.3 is 0 Å². The molecule has 0 saturated heterocycles. The number of nitrogens with two attached hydrogens (primary N) is 1. The largest absolute Gasteiger partial charge is 0.493 e. The first-order valence-corrected chi connectivity index (χ1v) is 11.5. The molecular formula is C27H26N2O5. The molecule has 1 unspecified atom stereocenters. The van der Waals surface area contributed by atoms with Crippen LogP contribution in [-0.2, 0) is 4.79 Å². The van der Waals surface area contributed by atoms with Crippen molar-refractivity contribution in [1.82, 2.24) is 4.90 Å². The molecule has 1 fully saturated rings. The highest BCUT2D eigenvalue weighted by molar-refractivity contribution is 6.23. The SMILES string of the molecule is COc1ccc(C(CC(N)=O)N2C(=O)c3cc4ccccc4cc3C2=O)cc1OC1CCCC1. The van der Waals surface area contributed by atoms with E-state index in [1.165, 1.54) is 0 Å². The number of primary amides is 1. The van der Waals surface area contributed by atoms with E-state index < -0.39 is 23.8 Å². The third-order valence-electron chi connectivity index (χ3n) is 6.66. The molecule has 174 valence electrons. The van der Waals surface area contributed by atoms with Gasteiger partial charge in [-0.1, -0.05) is 30.3 Å². The van der Waals surface area contributed by atoms with Crippen molar-refractivity contribution in [2.24, 2.45) is 5.73 Å². The molecule has 7 nitrogen and oxygen atoms in total. The van der Waals surface area contributed by atoms with Crippen molar-refractivity contribution in [3.8, 4) is 11.5 Å². The molecule has 1 aliphatic carbocycles. The zero-order valence-electron chi connectivity index (χ0n) is 19.0. The maximum Gasteiger partial charge on any atom is 0.262 e. The molecule has 2 aliphatic rings. The minimum Gasteiger partial charge on any atom is -0.493 e. The minimum atomic E-state index is -0.857. The molecule has 1 atom stereocenters. The minimum absolute atomic E-state index is 0.0884. The summed E-state index contributed by atoms with van der Waals surface area (Å²) in [5.41, 5.74) is 6.80. The molecule has 0 bridgehead atoms. The second kappa shape index (κ2) is 8.82. The first-order valence-electron chi connectivity index (χ1n) is 11.5. The van der Waals surface area contributed by atoms with E-state index in [-0.39, 0.29) is 12.5 Å². The number of methoxy groups -OCH3 is 1. The van der Waals surface area contributed by atoms with Crippen LogP contribution in [0, 0.1) is 0 Å². The molecule has 5 rings (SSSR count). The Morgan fingerprint density at radius 1 is 0.971 bits per heavy atom. The van der Waals surface area contributed by atoms with Crippen LogP contribution in [0.1, 0.15) is 64.4 Å². The predicted octanol–water partition coefficient (Wildman–Crippen LogP) is 4.38. The maximum atomic E-state index is 13.4. The Balaban J connectivity index is 1.55. The Morgan fingerprint density at radius 2 is 1.59 bits per heavy atom. The Labute approximate surface area is 197 Å². The average molecular weight is 459 g/mol. The van der Waals surface area contributed by atoms with Crippen molar-refractivity contribution in [2.45, 2.75) is 44.2 Å². The van der Waals surface area contributed by atoms with Gasteiger partial charge in [0.05, 0.1) is 36.8 Å². The molecule has 34 heavy (non-hydrogen) atoms. The third kappa shape index (κ3) is 3.87. The molecule has 2 N–H and O–H groups in total. The van der Waals surface area contributed by atoms with Gasteiger partial charge in [0, 0.05) is 0 Å². The Morgan fingerprint density at radius 3 is 2.15 bits per heavy atom. The molecule has 1 heterocycles.